The van der Waals surface area contributed by atoms with E-state index < -0.39 is 0 Å². The first-order valence-corrected chi connectivity index (χ1v) is 8.74. The van der Waals surface area contributed by atoms with E-state index in [-0.39, 0.29) is 0 Å². The van der Waals surface area contributed by atoms with Crippen LogP contribution in [0.4, 0.5) is 0 Å². The van der Waals surface area contributed by atoms with Crippen molar-refractivity contribution in [2.24, 2.45) is 0 Å². The van der Waals surface area contributed by atoms with Gasteiger partial charge in [-0.05, 0) is 37.0 Å². The van der Waals surface area contributed by atoms with Crippen molar-refractivity contribution in [3.63, 3.8) is 0 Å². The smallest absolute Gasteiger partial charge is 0.0338 e. The summed E-state index contributed by atoms with van der Waals surface area (Å²) < 4.78 is 1.17. The minimum Gasteiger partial charge on any atom is -0.311 e. The third-order valence-electron chi connectivity index (χ3n) is 5.15. The van der Waals surface area contributed by atoms with Crippen molar-refractivity contribution in [3.05, 3.63) is 34.3 Å². The molecule has 1 aromatic rings. The lowest BCUT2D eigenvalue weighted by atomic mass is 9.90. The molecule has 1 heterocycles. The van der Waals surface area contributed by atoms with Gasteiger partial charge in [-0.3, -0.25) is 4.90 Å². The highest BCUT2D eigenvalue weighted by Crippen LogP contribution is 2.38. The lowest BCUT2D eigenvalue weighted by Gasteiger charge is -2.48. The fourth-order valence-electron chi connectivity index (χ4n) is 3.81. The average molecular weight is 337 g/mol. The molecule has 110 valence electrons. The van der Waals surface area contributed by atoms with Crippen molar-refractivity contribution in [2.45, 2.75) is 57.2 Å². The van der Waals surface area contributed by atoms with Crippen LogP contribution in [0.3, 0.4) is 0 Å². The van der Waals surface area contributed by atoms with Crippen LogP contribution in [0.2, 0.25) is 0 Å². The van der Waals surface area contributed by atoms with Crippen molar-refractivity contribution < 1.29 is 0 Å². The van der Waals surface area contributed by atoms with Gasteiger partial charge < -0.3 is 5.32 Å². The van der Waals surface area contributed by atoms with Crippen LogP contribution in [-0.4, -0.2) is 29.6 Å². The van der Waals surface area contributed by atoms with Gasteiger partial charge in [0.15, 0.2) is 0 Å². The van der Waals surface area contributed by atoms with E-state index in [1.807, 2.05) is 0 Å². The lowest BCUT2D eigenvalue weighted by molar-refractivity contribution is 0.0349. The molecule has 1 unspecified atom stereocenters. The molecule has 0 aromatic heterocycles. The normalized spacial score (nSPS) is 26.2. The van der Waals surface area contributed by atoms with Gasteiger partial charge in [-0.1, -0.05) is 47.8 Å². The fraction of sp³-hybridized carbons (Fsp3) is 0.647. The highest BCUT2D eigenvalue weighted by Gasteiger charge is 2.42. The summed E-state index contributed by atoms with van der Waals surface area (Å²) >= 11 is 3.53. The Hall–Kier alpha value is -0.380. The molecule has 3 heteroatoms. The Morgan fingerprint density at radius 1 is 1.25 bits per heavy atom. The standard InChI is InChI=1S/C17H25BrN2/c1-2-16-12-20(11-14-5-7-15(18)8-6-14)17(13-19-16)9-3-4-10-17/h5-8,16,19H,2-4,9-13H2,1H3. The number of piperazine rings is 1. The Balaban J connectivity index is 1.77. The fourth-order valence-corrected chi connectivity index (χ4v) is 4.08. The van der Waals surface area contributed by atoms with Crippen LogP contribution < -0.4 is 5.32 Å². The molecule has 2 fully saturated rings. The molecule has 1 aromatic carbocycles. The van der Waals surface area contributed by atoms with Crippen molar-refractivity contribution >= 4 is 15.9 Å². The second-order valence-electron chi connectivity index (χ2n) is 6.42. The van der Waals surface area contributed by atoms with Gasteiger partial charge in [0.2, 0.25) is 0 Å². The summed E-state index contributed by atoms with van der Waals surface area (Å²) in [6, 6.07) is 9.51. The van der Waals surface area contributed by atoms with Crippen LogP contribution in [0.1, 0.15) is 44.6 Å². The Labute approximate surface area is 131 Å². The predicted octanol–water partition coefficient (Wildman–Crippen LogP) is 3.95. The van der Waals surface area contributed by atoms with E-state index in [0.717, 1.165) is 6.54 Å². The van der Waals surface area contributed by atoms with Gasteiger partial charge >= 0.3 is 0 Å². The van der Waals surface area contributed by atoms with Crippen molar-refractivity contribution in [3.8, 4) is 0 Å². The number of halogens is 1. The Morgan fingerprint density at radius 2 is 1.95 bits per heavy atom. The number of nitrogens with zero attached hydrogens (tertiary/aromatic N) is 1. The largest absolute Gasteiger partial charge is 0.311 e. The summed E-state index contributed by atoms with van der Waals surface area (Å²) in [6.07, 6.45) is 6.76. The molecule has 1 aliphatic carbocycles. The number of benzene rings is 1. The summed E-state index contributed by atoms with van der Waals surface area (Å²) in [5.74, 6) is 0. The van der Waals surface area contributed by atoms with Crippen LogP contribution in [0.25, 0.3) is 0 Å². The van der Waals surface area contributed by atoms with Crippen LogP contribution in [-0.2, 0) is 6.54 Å². The predicted molar refractivity (Wildman–Crippen MR) is 87.8 cm³/mol. The molecule has 1 saturated heterocycles. The molecule has 2 nitrogen and oxygen atoms in total. The highest BCUT2D eigenvalue weighted by molar-refractivity contribution is 9.10. The maximum absolute atomic E-state index is 3.78. The molecule has 1 aliphatic heterocycles. The Kier molecular flexibility index (Phi) is 4.49. The minimum absolute atomic E-state index is 0.429. The van der Waals surface area contributed by atoms with Crippen molar-refractivity contribution in [1.82, 2.24) is 10.2 Å². The number of hydrogen-bond donors (Lipinski definition) is 1. The van der Waals surface area contributed by atoms with Gasteiger partial charge in [0.1, 0.15) is 0 Å². The second kappa shape index (κ2) is 6.17. The first-order chi connectivity index (χ1) is 9.72. The third-order valence-corrected chi connectivity index (χ3v) is 5.67. The van der Waals surface area contributed by atoms with E-state index in [0.29, 0.717) is 11.6 Å². The lowest BCUT2D eigenvalue weighted by Crippen LogP contribution is -2.62. The molecular formula is C17H25BrN2. The average Bonchev–Trinajstić information content (AvgIpc) is 2.93. The molecule has 3 rings (SSSR count). The molecular weight excluding hydrogens is 312 g/mol. The minimum atomic E-state index is 0.429. The van der Waals surface area contributed by atoms with E-state index in [1.165, 1.54) is 55.2 Å². The zero-order chi connectivity index (χ0) is 14.0. The SMILES string of the molecule is CCC1CN(Cc2ccc(Br)cc2)C2(CCCC2)CN1. The highest BCUT2D eigenvalue weighted by atomic mass is 79.9. The molecule has 0 bridgehead atoms. The summed E-state index contributed by atoms with van der Waals surface area (Å²) in [4.78, 5) is 2.77. The first-order valence-electron chi connectivity index (χ1n) is 7.95. The molecule has 2 aliphatic rings. The maximum Gasteiger partial charge on any atom is 0.0338 e. The van der Waals surface area contributed by atoms with E-state index >= 15 is 0 Å². The van der Waals surface area contributed by atoms with E-state index in [1.54, 1.807) is 0 Å². The topological polar surface area (TPSA) is 15.3 Å². The number of nitrogens with one attached hydrogen (secondary N) is 1. The monoisotopic (exact) mass is 336 g/mol. The molecule has 1 saturated carbocycles. The van der Waals surface area contributed by atoms with E-state index in [4.69, 9.17) is 0 Å². The van der Waals surface area contributed by atoms with Gasteiger partial charge in [0.05, 0.1) is 0 Å². The molecule has 1 spiro atoms. The molecule has 1 N–H and O–H groups in total. The van der Waals surface area contributed by atoms with E-state index in [9.17, 15) is 0 Å². The van der Waals surface area contributed by atoms with Crippen LogP contribution in [0.5, 0.6) is 0 Å². The maximum atomic E-state index is 3.78. The Morgan fingerprint density at radius 3 is 2.60 bits per heavy atom. The summed E-state index contributed by atoms with van der Waals surface area (Å²) in [5, 5.41) is 3.78. The summed E-state index contributed by atoms with van der Waals surface area (Å²) in [5.41, 5.74) is 1.87. The first kappa shape index (κ1) is 14.6. The zero-order valence-electron chi connectivity index (χ0n) is 12.4. The van der Waals surface area contributed by atoms with Gasteiger partial charge in [-0.15, -0.1) is 0 Å². The molecule has 1 atom stereocenters. The second-order valence-corrected chi connectivity index (χ2v) is 7.34. The number of rotatable bonds is 3. The van der Waals surface area contributed by atoms with Crippen molar-refractivity contribution in [2.75, 3.05) is 13.1 Å². The van der Waals surface area contributed by atoms with Crippen LogP contribution in [0, 0.1) is 0 Å². The molecule has 0 amide bonds. The Bertz CT molecular complexity index is 437. The summed E-state index contributed by atoms with van der Waals surface area (Å²) in [6.45, 7) is 5.78. The van der Waals surface area contributed by atoms with Gasteiger partial charge in [-0.25, -0.2) is 0 Å². The van der Waals surface area contributed by atoms with Crippen molar-refractivity contribution in [1.29, 1.82) is 0 Å². The van der Waals surface area contributed by atoms with Gasteiger partial charge in [0, 0.05) is 35.7 Å². The van der Waals surface area contributed by atoms with Crippen LogP contribution in [0.15, 0.2) is 28.7 Å². The molecule has 20 heavy (non-hydrogen) atoms. The van der Waals surface area contributed by atoms with Gasteiger partial charge in [-0.2, -0.15) is 0 Å². The zero-order valence-corrected chi connectivity index (χ0v) is 14.0. The van der Waals surface area contributed by atoms with Gasteiger partial charge in [0.25, 0.3) is 0 Å². The quantitative estimate of drug-likeness (QED) is 0.899. The van der Waals surface area contributed by atoms with Crippen LogP contribution >= 0.6 is 15.9 Å². The molecule has 0 radical (unpaired) electrons. The summed E-state index contributed by atoms with van der Waals surface area (Å²) in [7, 11) is 0. The van der Waals surface area contributed by atoms with E-state index in [2.05, 4.69) is 57.3 Å². The third kappa shape index (κ3) is 2.95. The number of hydrogen-bond acceptors (Lipinski definition) is 2.